The molecule has 2 aliphatic heterocycles. The van der Waals surface area contributed by atoms with Crippen LogP contribution in [-0.4, -0.2) is 49.4 Å². The third-order valence-electron chi connectivity index (χ3n) is 5.65. The summed E-state index contributed by atoms with van der Waals surface area (Å²) in [7, 11) is 0. The van der Waals surface area contributed by atoms with Crippen LogP contribution in [0.2, 0.25) is 0 Å². The molecule has 2 aliphatic rings. The lowest BCUT2D eigenvalue weighted by molar-refractivity contribution is -0.903. The molecule has 30 heavy (non-hydrogen) atoms. The van der Waals surface area contributed by atoms with Crippen molar-refractivity contribution >= 4 is 33.4 Å². The highest BCUT2D eigenvalue weighted by atomic mass is 79.9. The first-order valence-electron chi connectivity index (χ1n) is 10.3. The monoisotopic (exact) mass is 469 g/mol. The summed E-state index contributed by atoms with van der Waals surface area (Å²) in [5.74, 6) is -0.115. The van der Waals surface area contributed by atoms with Gasteiger partial charge in [0.2, 0.25) is 5.91 Å². The minimum Gasteiger partial charge on any atom is -0.332 e. The van der Waals surface area contributed by atoms with E-state index in [1.165, 1.54) is 15.5 Å². The van der Waals surface area contributed by atoms with Crippen LogP contribution in [0.1, 0.15) is 12.0 Å². The maximum absolute atomic E-state index is 13.0. The molecule has 4 rings (SSSR count). The molecule has 0 bridgehead atoms. The number of piperazine rings is 1. The number of quaternary nitrogens is 1. The number of benzene rings is 2. The quantitative estimate of drug-likeness (QED) is 0.698. The van der Waals surface area contributed by atoms with Gasteiger partial charge in [-0.1, -0.05) is 46.3 Å². The van der Waals surface area contributed by atoms with Crippen molar-refractivity contribution in [1.82, 2.24) is 10.3 Å². The molecule has 0 unspecified atom stereocenters. The molecule has 6 nitrogen and oxygen atoms in total. The summed E-state index contributed by atoms with van der Waals surface area (Å²) in [6.07, 6.45) is 2.97. The molecule has 2 heterocycles. The zero-order valence-corrected chi connectivity index (χ0v) is 18.4. The van der Waals surface area contributed by atoms with Crippen LogP contribution in [0.5, 0.6) is 0 Å². The molecule has 0 radical (unpaired) electrons. The zero-order valence-electron chi connectivity index (χ0n) is 16.8. The Morgan fingerprint density at radius 2 is 1.73 bits per heavy atom. The van der Waals surface area contributed by atoms with Gasteiger partial charge in [-0.2, -0.15) is 0 Å². The van der Waals surface area contributed by atoms with Gasteiger partial charge in [0.1, 0.15) is 5.70 Å². The molecule has 1 saturated heterocycles. The standard InChI is InChI=1S/C23H25BrN4O2/c24-19-6-8-20(9-7-19)28-22(29)11-10-21(25-28)23(30)27-16-14-26(15-17-27)13-12-18-4-2-1-3-5-18/h1-10,25H,11-17H2/p+1. The van der Waals surface area contributed by atoms with Crippen molar-refractivity contribution in [2.24, 2.45) is 0 Å². The van der Waals surface area contributed by atoms with Gasteiger partial charge in [-0.3, -0.25) is 15.0 Å². The van der Waals surface area contributed by atoms with Gasteiger partial charge in [0, 0.05) is 17.3 Å². The molecular weight excluding hydrogens is 444 g/mol. The van der Waals surface area contributed by atoms with Crippen LogP contribution in [0, 0.1) is 0 Å². The van der Waals surface area contributed by atoms with Crippen molar-refractivity contribution < 1.29 is 14.5 Å². The number of amides is 2. The molecule has 156 valence electrons. The normalized spacial score (nSPS) is 17.5. The first-order chi connectivity index (χ1) is 14.6. The number of anilines is 1. The highest BCUT2D eigenvalue weighted by molar-refractivity contribution is 9.10. The number of rotatable bonds is 5. The van der Waals surface area contributed by atoms with Crippen LogP contribution < -0.4 is 15.3 Å². The van der Waals surface area contributed by atoms with E-state index in [2.05, 4.69) is 45.6 Å². The van der Waals surface area contributed by atoms with Gasteiger partial charge < -0.3 is 9.80 Å². The number of nitrogens with zero attached hydrogens (tertiary/aromatic N) is 2. The van der Waals surface area contributed by atoms with Crippen molar-refractivity contribution in [1.29, 1.82) is 0 Å². The van der Waals surface area contributed by atoms with Gasteiger partial charge in [0.25, 0.3) is 5.91 Å². The number of carbonyl (C=O) groups excluding carboxylic acids is 2. The van der Waals surface area contributed by atoms with E-state index in [-0.39, 0.29) is 18.2 Å². The molecule has 2 N–H and O–H groups in total. The minimum absolute atomic E-state index is 0.0354. The largest absolute Gasteiger partial charge is 0.332 e. The van der Waals surface area contributed by atoms with Gasteiger partial charge in [0.05, 0.1) is 38.4 Å². The Morgan fingerprint density at radius 3 is 2.43 bits per heavy atom. The van der Waals surface area contributed by atoms with E-state index in [0.29, 0.717) is 5.70 Å². The van der Waals surface area contributed by atoms with Crippen LogP contribution in [0.15, 0.2) is 70.8 Å². The highest BCUT2D eigenvalue weighted by Crippen LogP contribution is 2.21. The minimum atomic E-state index is -0.0796. The summed E-state index contributed by atoms with van der Waals surface area (Å²) < 4.78 is 0.940. The van der Waals surface area contributed by atoms with E-state index in [1.54, 1.807) is 6.08 Å². The lowest BCUT2D eigenvalue weighted by atomic mass is 10.1. The number of halogens is 1. The van der Waals surface area contributed by atoms with E-state index in [0.717, 1.165) is 49.3 Å². The Kier molecular flexibility index (Phi) is 6.50. The van der Waals surface area contributed by atoms with Crippen LogP contribution in [-0.2, 0) is 16.0 Å². The van der Waals surface area contributed by atoms with Crippen LogP contribution in [0.25, 0.3) is 0 Å². The van der Waals surface area contributed by atoms with E-state index >= 15 is 0 Å². The fourth-order valence-electron chi connectivity index (χ4n) is 3.86. The summed E-state index contributed by atoms with van der Waals surface area (Å²) in [4.78, 5) is 28.8. The van der Waals surface area contributed by atoms with Crippen molar-refractivity contribution in [3.63, 3.8) is 0 Å². The first-order valence-corrected chi connectivity index (χ1v) is 11.1. The molecular formula is C23H26BrN4O2+. The molecule has 7 heteroatoms. The molecule has 2 aromatic carbocycles. The molecule has 0 saturated carbocycles. The maximum Gasteiger partial charge on any atom is 0.271 e. The van der Waals surface area contributed by atoms with Gasteiger partial charge in [-0.15, -0.1) is 0 Å². The van der Waals surface area contributed by atoms with Crippen molar-refractivity contribution in [2.75, 3.05) is 37.7 Å². The van der Waals surface area contributed by atoms with Crippen molar-refractivity contribution in [2.45, 2.75) is 12.8 Å². The third kappa shape index (κ3) is 4.91. The average Bonchev–Trinajstić information content (AvgIpc) is 2.79. The number of carbonyl (C=O) groups is 2. The number of nitrogens with one attached hydrogen (secondary N) is 2. The fourth-order valence-corrected chi connectivity index (χ4v) is 4.12. The lowest BCUT2D eigenvalue weighted by Gasteiger charge is -2.35. The second-order valence-electron chi connectivity index (χ2n) is 7.67. The topological polar surface area (TPSA) is 57.1 Å². The first kappa shape index (κ1) is 20.6. The van der Waals surface area contributed by atoms with E-state index < -0.39 is 0 Å². The fraction of sp³-hybridized carbons (Fsp3) is 0.304. The average molecular weight is 470 g/mol. The SMILES string of the molecule is O=C(C1=CCC(=O)N(c2ccc(Br)cc2)N1)N1CC[NH+](CCc2ccccc2)CC1. The predicted octanol–water partition coefficient (Wildman–Crippen LogP) is 1.54. The van der Waals surface area contributed by atoms with Gasteiger partial charge in [-0.05, 0) is 35.9 Å². The number of hydrogen-bond acceptors (Lipinski definition) is 3. The summed E-state index contributed by atoms with van der Waals surface area (Å²) in [5, 5.41) is 1.46. The number of hydrazine groups is 1. The van der Waals surface area contributed by atoms with E-state index in [1.807, 2.05) is 35.2 Å². The third-order valence-corrected chi connectivity index (χ3v) is 6.17. The summed E-state index contributed by atoms with van der Waals surface area (Å²) >= 11 is 3.40. The van der Waals surface area contributed by atoms with Crippen LogP contribution in [0.3, 0.4) is 0 Å². The van der Waals surface area contributed by atoms with Gasteiger partial charge in [0.15, 0.2) is 0 Å². The molecule has 0 aliphatic carbocycles. The molecule has 2 amide bonds. The Labute approximate surface area is 185 Å². The van der Waals surface area contributed by atoms with Crippen molar-refractivity contribution in [3.05, 3.63) is 76.4 Å². The molecule has 1 fully saturated rings. The summed E-state index contributed by atoms with van der Waals surface area (Å²) in [6, 6.07) is 18.0. The Morgan fingerprint density at radius 1 is 1.03 bits per heavy atom. The van der Waals surface area contributed by atoms with Crippen molar-refractivity contribution in [3.8, 4) is 0 Å². The smallest absolute Gasteiger partial charge is 0.271 e. The molecule has 2 aromatic rings. The van der Waals surface area contributed by atoms with Crippen LogP contribution in [0.4, 0.5) is 5.69 Å². The van der Waals surface area contributed by atoms with E-state index in [4.69, 9.17) is 0 Å². The zero-order chi connectivity index (χ0) is 20.9. The molecule has 0 aromatic heterocycles. The van der Waals surface area contributed by atoms with Gasteiger partial charge >= 0.3 is 0 Å². The van der Waals surface area contributed by atoms with E-state index in [9.17, 15) is 9.59 Å². The Bertz CT molecular complexity index is 922. The second-order valence-corrected chi connectivity index (χ2v) is 8.58. The maximum atomic E-state index is 13.0. The Balaban J connectivity index is 1.31. The summed E-state index contributed by atoms with van der Waals surface area (Å²) in [6.45, 7) is 4.43. The second kappa shape index (κ2) is 9.45. The Hall–Kier alpha value is -2.64. The van der Waals surface area contributed by atoms with Gasteiger partial charge in [-0.25, -0.2) is 5.01 Å². The highest BCUT2D eigenvalue weighted by Gasteiger charge is 2.30. The summed E-state index contributed by atoms with van der Waals surface area (Å²) in [5.41, 5.74) is 5.58. The lowest BCUT2D eigenvalue weighted by Crippen LogP contribution is -3.15. The van der Waals surface area contributed by atoms with Crippen LogP contribution >= 0.6 is 15.9 Å². The predicted molar refractivity (Wildman–Crippen MR) is 120 cm³/mol. The molecule has 0 atom stereocenters. The molecule has 0 spiro atoms. The number of hydrogen-bond donors (Lipinski definition) is 2.